The molecule has 0 aliphatic rings. The van der Waals surface area contributed by atoms with Gasteiger partial charge in [-0.1, -0.05) is 123 Å². The van der Waals surface area contributed by atoms with Crippen LogP contribution in [0.5, 0.6) is 0 Å². The summed E-state index contributed by atoms with van der Waals surface area (Å²) in [6, 6.07) is 0. The molecule has 0 radical (unpaired) electrons. The average molecular weight is 370 g/mol. The number of carboxylic acid groups (broad SMARTS) is 1. The second-order valence-electron chi connectivity index (χ2n) is 8.12. The summed E-state index contributed by atoms with van der Waals surface area (Å²) in [6.45, 7) is 4.43. The zero-order valence-corrected chi connectivity index (χ0v) is 17.7. The fourth-order valence-corrected chi connectivity index (χ4v) is 3.61. The van der Waals surface area contributed by atoms with Crippen molar-refractivity contribution in [3.8, 4) is 0 Å². The van der Waals surface area contributed by atoms with E-state index in [-0.39, 0.29) is 0 Å². The molecule has 0 amide bonds. The number of hydrogen-bond acceptors (Lipinski definition) is 3. The second-order valence-corrected chi connectivity index (χ2v) is 8.12. The van der Waals surface area contributed by atoms with E-state index in [2.05, 4.69) is 13.8 Å². The molecule has 1 N–H and O–H groups in total. The van der Waals surface area contributed by atoms with Crippen molar-refractivity contribution in [1.29, 1.82) is 0 Å². The van der Waals surface area contributed by atoms with Crippen molar-refractivity contribution in [2.24, 2.45) is 0 Å². The van der Waals surface area contributed by atoms with Crippen LogP contribution in [0.3, 0.4) is 0 Å². The van der Waals surface area contributed by atoms with Gasteiger partial charge >= 0.3 is 0 Å². The van der Waals surface area contributed by atoms with Crippen LogP contribution in [0.4, 0.5) is 0 Å². The van der Waals surface area contributed by atoms with E-state index >= 15 is 0 Å². The van der Waals surface area contributed by atoms with Crippen LogP contribution in [0.2, 0.25) is 0 Å². The first-order chi connectivity index (χ1) is 12.6. The number of carbonyl (C=O) groups is 1. The minimum absolute atomic E-state index is 0.346. The van der Waals surface area contributed by atoms with E-state index in [1.807, 2.05) is 0 Å². The van der Waals surface area contributed by atoms with Gasteiger partial charge < -0.3 is 15.0 Å². The maximum Gasteiger partial charge on any atom is 0.104 e. The lowest BCUT2D eigenvalue weighted by molar-refractivity contribution is -0.325. The average Bonchev–Trinajstić information content (AvgIpc) is 2.62. The van der Waals surface area contributed by atoms with Gasteiger partial charge in [0.15, 0.2) is 0 Å². The fourth-order valence-electron chi connectivity index (χ4n) is 3.61. The van der Waals surface area contributed by atoms with Crippen LogP contribution in [0.25, 0.3) is 0 Å². The predicted octanol–water partition coefficient (Wildman–Crippen LogP) is 5.92. The lowest BCUT2D eigenvalue weighted by Crippen LogP contribution is -2.48. The second kappa shape index (κ2) is 17.8. The zero-order chi connectivity index (χ0) is 19.5. The van der Waals surface area contributed by atoms with Crippen LogP contribution in [-0.2, 0) is 4.79 Å². The van der Waals surface area contributed by atoms with Gasteiger partial charge in [-0.25, -0.2) is 0 Å². The highest BCUT2D eigenvalue weighted by molar-refractivity contribution is 5.74. The summed E-state index contributed by atoms with van der Waals surface area (Å²) in [4.78, 5) is 11.3. The Labute approximate surface area is 163 Å². The first kappa shape index (κ1) is 25.4. The van der Waals surface area contributed by atoms with Crippen LogP contribution in [-0.4, -0.2) is 16.7 Å². The molecule has 0 saturated carbocycles. The minimum Gasteiger partial charge on any atom is -0.547 e. The van der Waals surface area contributed by atoms with Gasteiger partial charge in [-0.15, -0.1) is 0 Å². The smallest absolute Gasteiger partial charge is 0.104 e. The van der Waals surface area contributed by atoms with Crippen molar-refractivity contribution in [2.75, 3.05) is 0 Å². The maximum absolute atomic E-state index is 11.3. The monoisotopic (exact) mass is 369 g/mol. The summed E-state index contributed by atoms with van der Waals surface area (Å²) in [5, 5.41) is 21.7. The number of carbonyl (C=O) groups excluding carboxylic acids is 1. The van der Waals surface area contributed by atoms with Crippen LogP contribution in [0.1, 0.15) is 136 Å². The quantitative estimate of drug-likeness (QED) is 0.271. The summed E-state index contributed by atoms with van der Waals surface area (Å²) in [5.41, 5.74) is -1.61. The molecular formula is C23H45O3-. The Morgan fingerprint density at radius 3 is 1.15 bits per heavy atom. The molecule has 3 heteroatoms. The lowest BCUT2D eigenvalue weighted by atomic mass is 9.89. The summed E-state index contributed by atoms with van der Waals surface area (Å²) >= 11 is 0. The van der Waals surface area contributed by atoms with Gasteiger partial charge in [0.05, 0.1) is 5.97 Å². The number of unbranched alkanes of at least 4 members (excludes halogenated alkanes) is 15. The van der Waals surface area contributed by atoms with Gasteiger partial charge in [-0.3, -0.25) is 0 Å². The Kier molecular flexibility index (Phi) is 17.4. The lowest BCUT2D eigenvalue weighted by Gasteiger charge is -2.29. The van der Waals surface area contributed by atoms with Gasteiger partial charge in [0.25, 0.3) is 0 Å². The van der Waals surface area contributed by atoms with Gasteiger partial charge in [0.1, 0.15) is 5.60 Å². The Morgan fingerprint density at radius 1 is 0.615 bits per heavy atom. The zero-order valence-electron chi connectivity index (χ0n) is 17.7. The van der Waals surface area contributed by atoms with Crippen molar-refractivity contribution in [2.45, 2.75) is 141 Å². The molecule has 0 aromatic heterocycles. The molecule has 0 bridgehead atoms. The van der Waals surface area contributed by atoms with Crippen molar-refractivity contribution in [3.63, 3.8) is 0 Å². The van der Waals surface area contributed by atoms with Crippen molar-refractivity contribution in [1.82, 2.24) is 0 Å². The van der Waals surface area contributed by atoms with Crippen molar-refractivity contribution >= 4 is 5.97 Å². The molecule has 1 unspecified atom stereocenters. The van der Waals surface area contributed by atoms with E-state index in [9.17, 15) is 15.0 Å². The minimum atomic E-state index is -1.61. The highest BCUT2D eigenvalue weighted by Crippen LogP contribution is 2.23. The first-order valence-corrected chi connectivity index (χ1v) is 11.5. The van der Waals surface area contributed by atoms with Gasteiger partial charge in [-0.2, -0.15) is 0 Å². The summed E-state index contributed by atoms with van der Waals surface area (Å²) in [7, 11) is 0. The van der Waals surface area contributed by atoms with Crippen molar-refractivity contribution < 1.29 is 15.0 Å². The Bertz CT molecular complexity index is 317. The first-order valence-electron chi connectivity index (χ1n) is 11.5. The number of aliphatic hydroxyl groups is 1. The Hall–Kier alpha value is -0.570. The fraction of sp³-hybridized carbons (Fsp3) is 0.957. The van der Waals surface area contributed by atoms with E-state index in [4.69, 9.17) is 0 Å². The third-order valence-corrected chi connectivity index (χ3v) is 5.52. The Balaban J connectivity index is 3.65. The third-order valence-electron chi connectivity index (χ3n) is 5.52. The van der Waals surface area contributed by atoms with Crippen molar-refractivity contribution in [3.05, 3.63) is 0 Å². The molecule has 0 fully saturated rings. The number of carboxylic acids is 1. The molecule has 0 rings (SSSR count). The highest BCUT2D eigenvalue weighted by Gasteiger charge is 2.27. The summed E-state index contributed by atoms with van der Waals surface area (Å²) in [5.74, 6) is -1.28. The van der Waals surface area contributed by atoms with Gasteiger partial charge in [0, 0.05) is 0 Å². The third kappa shape index (κ3) is 14.6. The number of rotatable bonds is 20. The molecular weight excluding hydrogens is 324 g/mol. The van der Waals surface area contributed by atoms with E-state index in [0.717, 1.165) is 38.5 Å². The van der Waals surface area contributed by atoms with E-state index < -0.39 is 11.6 Å². The van der Waals surface area contributed by atoms with Gasteiger partial charge in [-0.05, 0) is 12.8 Å². The molecule has 0 aliphatic heterocycles. The maximum atomic E-state index is 11.3. The number of aliphatic carboxylic acids is 1. The molecule has 3 nitrogen and oxygen atoms in total. The van der Waals surface area contributed by atoms with Gasteiger partial charge in [0.2, 0.25) is 0 Å². The topological polar surface area (TPSA) is 60.4 Å². The SMILES string of the molecule is CCCCCCCCCCCCCC(O)(CCCCCCCC)C(=O)[O-]. The van der Waals surface area contributed by atoms with E-state index in [1.165, 1.54) is 70.6 Å². The summed E-state index contributed by atoms with van der Waals surface area (Å²) in [6.07, 6.45) is 20.8. The summed E-state index contributed by atoms with van der Waals surface area (Å²) < 4.78 is 0. The van der Waals surface area contributed by atoms with Crippen LogP contribution in [0, 0.1) is 0 Å². The molecule has 26 heavy (non-hydrogen) atoms. The number of hydrogen-bond donors (Lipinski definition) is 1. The standard InChI is InChI=1S/C23H46O3/c1-3-5-7-9-11-12-13-14-15-17-19-21-23(26,22(24)25)20-18-16-10-8-6-4-2/h26H,3-21H2,1-2H3,(H,24,25)/p-1. The molecule has 0 heterocycles. The molecule has 1 atom stereocenters. The molecule has 0 aromatic rings. The van der Waals surface area contributed by atoms with Crippen LogP contribution >= 0.6 is 0 Å². The van der Waals surface area contributed by atoms with Crippen LogP contribution < -0.4 is 5.11 Å². The largest absolute Gasteiger partial charge is 0.547 e. The molecule has 0 saturated heterocycles. The predicted molar refractivity (Wildman–Crippen MR) is 109 cm³/mol. The molecule has 0 aliphatic carbocycles. The van der Waals surface area contributed by atoms with E-state index in [0.29, 0.717) is 12.8 Å². The highest BCUT2D eigenvalue weighted by atomic mass is 16.4. The van der Waals surface area contributed by atoms with E-state index in [1.54, 1.807) is 0 Å². The normalized spacial score (nSPS) is 13.7. The molecule has 156 valence electrons. The van der Waals surface area contributed by atoms with Crippen LogP contribution in [0.15, 0.2) is 0 Å². The molecule has 0 aromatic carbocycles. The molecule has 0 spiro atoms. The Morgan fingerprint density at radius 2 is 0.885 bits per heavy atom.